The van der Waals surface area contributed by atoms with E-state index in [2.05, 4.69) is 0 Å². The maximum absolute atomic E-state index is 5.84. The van der Waals surface area contributed by atoms with Crippen molar-refractivity contribution in [3.05, 3.63) is 58.6 Å². The van der Waals surface area contributed by atoms with Crippen molar-refractivity contribution in [3.8, 4) is 11.5 Å². The van der Waals surface area contributed by atoms with Gasteiger partial charge in [-0.05, 0) is 42.5 Å². The monoisotopic (exact) mass is 238 g/mol. The van der Waals surface area contributed by atoms with Gasteiger partial charge in [0.2, 0.25) is 0 Å². The average Bonchev–Trinajstić information content (AvgIpc) is 2.22. The summed E-state index contributed by atoms with van der Waals surface area (Å²) in [6, 6.07) is 14.4. The lowest BCUT2D eigenvalue weighted by molar-refractivity contribution is 0.483. The third-order valence-electron chi connectivity index (χ3n) is 1.85. The molecule has 0 heterocycles. The zero-order chi connectivity index (χ0) is 10.7. The van der Waals surface area contributed by atoms with Crippen LogP contribution in [0.2, 0.25) is 10.0 Å². The number of rotatable bonds is 2. The highest BCUT2D eigenvalue weighted by atomic mass is 35.5. The first-order valence-electron chi connectivity index (χ1n) is 4.43. The first kappa shape index (κ1) is 10.3. The SMILES string of the molecule is Clc1ccc(Oc2cccc(Cl)c2)cc1. The van der Waals surface area contributed by atoms with Crippen molar-refractivity contribution < 1.29 is 4.74 Å². The van der Waals surface area contributed by atoms with E-state index in [-0.39, 0.29) is 0 Å². The first-order valence-corrected chi connectivity index (χ1v) is 5.18. The molecule has 1 nitrogen and oxygen atoms in total. The zero-order valence-electron chi connectivity index (χ0n) is 7.78. The van der Waals surface area contributed by atoms with E-state index in [1.807, 2.05) is 24.3 Å². The molecular formula is C12H8Cl2O. The van der Waals surface area contributed by atoms with Gasteiger partial charge < -0.3 is 4.74 Å². The van der Waals surface area contributed by atoms with E-state index in [1.54, 1.807) is 24.3 Å². The summed E-state index contributed by atoms with van der Waals surface area (Å²) in [7, 11) is 0. The zero-order valence-corrected chi connectivity index (χ0v) is 9.29. The van der Waals surface area contributed by atoms with Crippen molar-refractivity contribution in [2.75, 3.05) is 0 Å². The molecule has 0 spiro atoms. The molecular weight excluding hydrogens is 231 g/mol. The fraction of sp³-hybridized carbons (Fsp3) is 0. The van der Waals surface area contributed by atoms with Crippen molar-refractivity contribution in [2.24, 2.45) is 0 Å². The Morgan fingerprint density at radius 2 is 1.47 bits per heavy atom. The summed E-state index contributed by atoms with van der Waals surface area (Å²) in [5.41, 5.74) is 0. The molecule has 0 aliphatic carbocycles. The number of ether oxygens (including phenoxy) is 1. The number of halogens is 2. The van der Waals surface area contributed by atoms with Crippen LogP contribution in [0.1, 0.15) is 0 Å². The summed E-state index contributed by atoms with van der Waals surface area (Å²) >= 11 is 11.6. The van der Waals surface area contributed by atoms with Gasteiger partial charge in [-0.1, -0.05) is 29.3 Å². The predicted octanol–water partition coefficient (Wildman–Crippen LogP) is 4.79. The van der Waals surface area contributed by atoms with Gasteiger partial charge in [0.15, 0.2) is 0 Å². The molecule has 0 N–H and O–H groups in total. The van der Waals surface area contributed by atoms with Gasteiger partial charge in [0.25, 0.3) is 0 Å². The molecule has 0 saturated carbocycles. The van der Waals surface area contributed by atoms with Crippen molar-refractivity contribution >= 4 is 23.2 Å². The minimum Gasteiger partial charge on any atom is -0.457 e. The minimum atomic E-state index is 0.654. The van der Waals surface area contributed by atoms with Gasteiger partial charge in [-0.15, -0.1) is 0 Å². The van der Waals surface area contributed by atoms with Crippen LogP contribution >= 0.6 is 23.2 Å². The molecule has 0 aliphatic rings. The summed E-state index contributed by atoms with van der Waals surface area (Å²) in [6.07, 6.45) is 0. The summed E-state index contributed by atoms with van der Waals surface area (Å²) in [4.78, 5) is 0. The molecule has 0 fully saturated rings. The Labute approximate surface area is 98.2 Å². The lowest BCUT2D eigenvalue weighted by Crippen LogP contribution is -1.82. The molecule has 0 unspecified atom stereocenters. The van der Waals surface area contributed by atoms with Crippen LogP contribution in [0, 0.1) is 0 Å². The molecule has 0 aliphatic heterocycles. The maximum atomic E-state index is 5.84. The molecule has 2 rings (SSSR count). The van der Waals surface area contributed by atoms with Crippen LogP contribution in [-0.4, -0.2) is 0 Å². The standard InChI is InChI=1S/C12H8Cl2O/c13-9-4-6-11(7-5-9)15-12-3-1-2-10(14)8-12/h1-8H. The smallest absolute Gasteiger partial charge is 0.128 e. The topological polar surface area (TPSA) is 9.23 Å². The highest BCUT2D eigenvalue weighted by Crippen LogP contribution is 2.24. The molecule has 76 valence electrons. The molecule has 0 bridgehead atoms. The number of hydrogen-bond acceptors (Lipinski definition) is 1. The van der Waals surface area contributed by atoms with E-state index >= 15 is 0 Å². The summed E-state index contributed by atoms with van der Waals surface area (Å²) < 4.78 is 5.57. The Bertz CT molecular complexity index is 451. The van der Waals surface area contributed by atoms with Crippen LogP contribution < -0.4 is 4.74 Å². The van der Waals surface area contributed by atoms with Crippen LogP contribution in [0.5, 0.6) is 11.5 Å². The van der Waals surface area contributed by atoms with Gasteiger partial charge in [-0.3, -0.25) is 0 Å². The van der Waals surface area contributed by atoms with Gasteiger partial charge >= 0.3 is 0 Å². The van der Waals surface area contributed by atoms with E-state index in [1.165, 1.54) is 0 Å². The van der Waals surface area contributed by atoms with E-state index in [4.69, 9.17) is 27.9 Å². The Morgan fingerprint density at radius 3 is 2.13 bits per heavy atom. The van der Waals surface area contributed by atoms with Crippen LogP contribution in [0.3, 0.4) is 0 Å². The van der Waals surface area contributed by atoms with Crippen molar-refractivity contribution in [1.82, 2.24) is 0 Å². The van der Waals surface area contributed by atoms with Crippen LogP contribution in [-0.2, 0) is 0 Å². The van der Waals surface area contributed by atoms with E-state index < -0.39 is 0 Å². The maximum Gasteiger partial charge on any atom is 0.128 e. The molecule has 0 amide bonds. The fourth-order valence-electron chi connectivity index (χ4n) is 1.17. The Hall–Kier alpha value is -1.18. The lowest BCUT2D eigenvalue weighted by Gasteiger charge is -2.05. The Kier molecular flexibility index (Phi) is 3.14. The molecule has 0 radical (unpaired) electrons. The van der Waals surface area contributed by atoms with E-state index in [9.17, 15) is 0 Å². The average molecular weight is 239 g/mol. The third kappa shape index (κ3) is 2.88. The van der Waals surface area contributed by atoms with Gasteiger partial charge in [-0.2, -0.15) is 0 Å². The highest BCUT2D eigenvalue weighted by molar-refractivity contribution is 6.30. The Morgan fingerprint density at radius 1 is 0.733 bits per heavy atom. The molecule has 0 aromatic heterocycles. The summed E-state index contributed by atoms with van der Waals surface area (Å²) in [6.45, 7) is 0. The molecule has 0 saturated heterocycles. The second kappa shape index (κ2) is 4.56. The lowest BCUT2D eigenvalue weighted by atomic mass is 10.3. The van der Waals surface area contributed by atoms with Gasteiger partial charge in [0, 0.05) is 10.0 Å². The van der Waals surface area contributed by atoms with E-state index in [0.29, 0.717) is 15.8 Å². The summed E-state index contributed by atoms with van der Waals surface area (Å²) in [5.74, 6) is 1.45. The number of hydrogen-bond donors (Lipinski definition) is 0. The normalized spacial score (nSPS) is 10.0. The quantitative estimate of drug-likeness (QED) is 0.732. The van der Waals surface area contributed by atoms with Gasteiger partial charge in [0.05, 0.1) is 0 Å². The molecule has 3 heteroatoms. The second-order valence-corrected chi connectivity index (χ2v) is 3.89. The molecule has 2 aromatic carbocycles. The summed E-state index contributed by atoms with van der Waals surface area (Å²) in [5, 5.41) is 1.34. The second-order valence-electron chi connectivity index (χ2n) is 3.01. The van der Waals surface area contributed by atoms with Gasteiger partial charge in [-0.25, -0.2) is 0 Å². The van der Waals surface area contributed by atoms with Crippen molar-refractivity contribution in [1.29, 1.82) is 0 Å². The van der Waals surface area contributed by atoms with Crippen LogP contribution in [0.4, 0.5) is 0 Å². The minimum absolute atomic E-state index is 0.654. The highest BCUT2D eigenvalue weighted by Gasteiger charge is 1.97. The third-order valence-corrected chi connectivity index (χ3v) is 2.33. The van der Waals surface area contributed by atoms with Crippen LogP contribution in [0.25, 0.3) is 0 Å². The molecule has 15 heavy (non-hydrogen) atoms. The van der Waals surface area contributed by atoms with Crippen molar-refractivity contribution in [3.63, 3.8) is 0 Å². The Balaban J connectivity index is 2.18. The molecule has 2 aromatic rings. The van der Waals surface area contributed by atoms with Crippen LogP contribution in [0.15, 0.2) is 48.5 Å². The largest absolute Gasteiger partial charge is 0.457 e. The van der Waals surface area contributed by atoms with Crippen molar-refractivity contribution in [2.45, 2.75) is 0 Å². The first-order chi connectivity index (χ1) is 7.24. The fourth-order valence-corrected chi connectivity index (χ4v) is 1.48. The number of benzene rings is 2. The van der Waals surface area contributed by atoms with Gasteiger partial charge in [0.1, 0.15) is 11.5 Å². The van der Waals surface area contributed by atoms with E-state index in [0.717, 1.165) is 5.75 Å². The predicted molar refractivity (Wildman–Crippen MR) is 63.0 cm³/mol. The molecule has 0 atom stereocenters.